The number of ether oxygens (including phenoxy) is 1. The van der Waals surface area contributed by atoms with Crippen LogP contribution in [0.25, 0.3) is 16.8 Å². The van der Waals surface area contributed by atoms with Crippen molar-refractivity contribution in [1.82, 2.24) is 9.78 Å². The van der Waals surface area contributed by atoms with Gasteiger partial charge in [0.15, 0.2) is 0 Å². The quantitative estimate of drug-likeness (QED) is 0.276. The van der Waals surface area contributed by atoms with Gasteiger partial charge in [-0.05, 0) is 47.0 Å². The van der Waals surface area contributed by atoms with Gasteiger partial charge in [0.1, 0.15) is 12.4 Å². The molecule has 5 aromatic rings. The highest BCUT2D eigenvalue weighted by Crippen LogP contribution is 2.29. The van der Waals surface area contributed by atoms with E-state index >= 15 is 0 Å². The Bertz CT molecular complexity index is 1530. The lowest BCUT2D eigenvalue weighted by atomic mass is 10.0. The molecule has 0 aliphatic heterocycles. The molecule has 0 saturated carbocycles. The number of carboxylic acids is 1. The molecule has 0 fully saturated rings. The van der Waals surface area contributed by atoms with Gasteiger partial charge in [0, 0.05) is 18.5 Å². The number of anilines is 1. The summed E-state index contributed by atoms with van der Waals surface area (Å²) >= 11 is 0. The van der Waals surface area contributed by atoms with Crippen molar-refractivity contribution in [1.29, 1.82) is 0 Å². The minimum atomic E-state index is -1.13. The Hall–Kier alpha value is -5.17. The largest absolute Gasteiger partial charge is 0.488 e. The van der Waals surface area contributed by atoms with Gasteiger partial charge in [0.2, 0.25) is 0 Å². The van der Waals surface area contributed by atoms with E-state index in [0.717, 1.165) is 22.4 Å². The zero-order chi connectivity index (χ0) is 25.6. The van der Waals surface area contributed by atoms with E-state index in [1.165, 1.54) is 6.07 Å². The normalized spacial score (nSPS) is 10.6. The number of hydrogen-bond donors (Lipinski definition) is 2. The summed E-state index contributed by atoms with van der Waals surface area (Å²) in [4.78, 5) is 25.4. The van der Waals surface area contributed by atoms with E-state index in [1.54, 1.807) is 53.5 Å². The molecule has 4 aromatic carbocycles. The van der Waals surface area contributed by atoms with Crippen LogP contribution in [0.1, 0.15) is 26.3 Å². The van der Waals surface area contributed by atoms with E-state index in [9.17, 15) is 14.7 Å². The Kier molecular flexibility index (Phi) is 6.76. The third-order valence-electron chi connectivity index (χ3n) is 5.82. The average molecular weight is 490 g/mol. The summed E-state index contributed by atoms with van der Waals surface area (Å²) in [6.45, 7) is 0.257. The second-order valence-electron chi connectivity index (χ2n) is 8.29. The Balaban J connectivity index is 1.49. The standard InChI is InChI=1S/C30H23N3O4/c34-29(32-27-18-23(12-14-25(27)30(35)36)22-10-5-2-6-11-22)26-15-13-24(33-17-7-16-31-33)19-28(26)37-20-21-8-3-1-4-9-21/h1-19H,20H2,(H,32,34)(H,35,36). The summed E-state index contributed by atoms with van der Waals surface area (Å²) in [6.07, 6.45) is 3.46. The minimum absolute atomic E-state index is 0.00653. The molecule has 1 heterocycles. The lowest BCUT2D eigenvalue weighted by Crippen LogP contribution is -2.16. The molecule has 7 heteroatoms. The zero-order valence-electron chi connectivity index (χ0n) is 19.7. The van der Waals surface area contributed by atoms with Gasteiger partial charge in [-0.25, -0.2) is 9.48 Å². The molecule has 37 heavy (non-hydrogen) atoms. The lowest BCUT2D eigenvalue weighted by molar-refractivity contribution is 0.0698. The maximum atomic E-state index is 13.5. The molecule has 1 aromatic heterocycles. The Labute approximate surface area is 213 Å². The molecule has 0 radical (unpaired) electrons. The smallest absolute Gasteiger partial charge is 0.337 e. The van der Waals surface area contributed by atoms with E-state index < -0.39 is 11.9 Å². The Morgan fingerprint density at radius 2 is 1.54 bits per heavy atom. The Morgan fingerprint density at radius 1 is 0.811 bits per heavy atom. The maximum absolute atomic E-state index is 13.5. The van der Waals surface area contributed by atoms with Crippen molar-refractivity contribution in [2.45, 2.75) is 6.61 Å². The first-order chi connectivity index (χ1) is 18.1. The number of benzene rings is 4. The Morgan fingerprint density at radius 3 is 2.24 bits per heavy atom. The highest BCUT2D eigenvalue weighted by Gasteiger charge is 2.19. The van der Waals surface area contributed by atoms with Crippen LogP contribution in [-0.4, -0.2) is 26.8 Å². The predicted molar refractivity (Wildman–Crippen MR) is 141 cm³/mol. The number of carbonyl (C=O) groups excluding carboxylic acids is 1. The number of nitrogens with one attached hydrogen (secondary N) is 1. The molecule has 0 spiro atoms. The number of carboxylic acid groups (broad SMARTS) is 1. The third-order valence-corrected chi connectivity index (χ3v) is 5.82. The zero-order valence-corrected chi connectivity index (χ0v) is 19.7. The van der Waals surface area contributed by atoms with Crippen LogP contribution in [0.5, 0.6) is 5.75 Å². The first-order valence-corrected chi connectivity index (χ1v) is 11.6. The van der Waals surface area contributed by atoms with E-state index in [4.69, 9.17) is 4.74 Å². The number of nitrogens with zero attached hydrogens (tertiary/aromatic N) is 2. The monoisotopic (exact) mass is 489 g/mol. The number of amides is 1. The second-order valence-corrected chi connectivity index (χ2v) is 8.29. The molecule has 0 aliphatic carbocycles. The SMILES string of the molecule is O=C(O)c1ccc(-c2ccccc2)cc1NC(=O)c1ccc(-n2cccn2)cc1OCc1ccccc1. The van der Waals surface area contributed by atoms with Gasteiger partial charge in [-0.2, -0.15) is 5.10 Å². The second kappa shape index (κ2) is 10.6. The number of carbonyl (C=O) groups is 2. The van der Waals surface area contributed by atoms with Gasteiger partial charge in [-0.3, -0.25) is 4.79 Å². The molecule has 0 saturated heterocycles. The van der Waals surface area contributed by atoms with Crippen molar-refractivity contribution in [3.63, 3.8) is 0 Å². The van der Waals surface area contributed by atoms with Gasteiger partial charge >= 0.3 is 5.97 Å². The van der Waals surface area contributed by atoms with E-state index in [2.05, 4.69) is 10.4 Å². The third kappa shape index (κ3) is 5.41. The summed E-state index contributed by atoms with van der Waals surface area (Å²) in [6, 6.07) is 31.0. The molecule has 0 bridgehead atoms. The van der Waals surface area contributed by atoms with Crippen molar-refractivity contribution in [3.8, 4) is 22.6 Å². The summed E-state index contributed by atoms with van der Waals surface area (Å²) < 4.78 is 7.74. The fourth-order valence-corrected chi connectivity index (χ4v) is 3.95. The molecular formula is C30H23N3O4. The number of aromatic nitrogens is 2. The van der Waals surface area contributed by atoms with Crippen LogP contribution >= 0.6 is 0 Å². The molecule has 1 amide bonds. The number of rotatable bonds is 8. The van der Waals surface area contributed by atoms with Gasteiger partial charge < -0.3 is 15.2 Å². The lowest BCUT2D eigenvalue weighted by Gasteiger charge is -2.15. The highest BCUT2D eigenvalue weighted by molar-refractivity contribution is 6.09. The molecule has 0 unspecified atom stereocenters. The first kappa shape index (κ1) is 23.6. The van der Waals surface area contributed by atoms with Crippen LogP contribution in [0.2, 0.25) is 0 Å². The van der Waals surface area contributed by atoms with Crippen molar-refractivity contribution in [2.75, 3.05) is 5.32 Å². The van der Waals surface area contributed by atoms with E-state index in [-0.39, 0.29) is 23.4 Å². The van der Waals surface area contributed by atoms with Crippen LogP contribution < -0.4 is 10.1 Å². The molecule has 182 valence electrons. The van der Waals surface area contributed by atoms with Crippen LogP contribution in [0.15, 0.2) is 116 Å². The summed E-state index contributed by atoms with van der Waals surface area (Å²) in [5.41, 5.74) is 3.83. The van der Waals surface area contributed by atoms with Crippen LogP contribution in [0.3, 0.4) is 0 Å². The predicted octanol–water partition coefficient (Wildman–Crippen LogP) is 6.07. The molecule has 0 aliphatic rings. The number of hydrogen-bond acceptors (Lipinski definition) is 4. The van der Waals surface area contributed by atoms with Gasteiger partial charge in [0.25, 0.3) is 5.91 Å². The van der Waals surface area contributed by atoms with Crippen LogP contribution in [0, 0.1) is 0 Å². The maximum Gasteiger partial charge on any atom is 0.337 e. The highest BCUT2D eigenvalue weighted by atomic mass is 16.5. The molecule has 7 nitrogen and oxygen atoms in total. The molecule has 2 N–H and O–H groups in total. The summed E-state index contributed by atoms with van der Waals surface area (Å²) in [5.74, 6) is -1.27. The van der Waals surface area contributed by atoms with Crippen LogP contribution in [0.4, 0.5) is 5.69 Å². The molecular weight excluding hydrogens is 466 g/mol. The van der Waals surface area contributed by atoms with E-state index in [0.29, 0.717) is 5.75 Å². The summed E-state index contributed by atoms with van der Waals surface area (Å²) in [7, 11) is 0. The van der Waals surface area contributed by atoms with Crippen LogP contribution in [-0.2, 0) is 6.61 Å². The van der Waals surface area contributed by atoms with E-state index in [1.807, 2.05) is 60.7 Å². The number of aromatic carboxylic acids is 1. The molecule has 0 atom stereocenters. The fourth-order valence-electron chi connectivity index (χ4n) is 3.95. The minimum Gasteiger partial charge on any atom is -0.488 e. The fraction of sp³-hybridized carbons (Fsp3) is 0.0333. The van der Waals surface area contributed by atoms with Gasteiger partial charge in [-0.1, -0.05) is 66.7 Å². The average Bonchev–Trinajstić information content (AvgIpc) is 3.48. The first-order valence-electron chi connectivity index (χ1n) is 11.6. The van der Waals surface area contributed by atoms with Gasteiger partial charge in [-0.15, -0.1) is 0 Å². The summed E-state index contributed by atoms with van der Waals surface area (Å²) in [5, 5.41) is 16.8. The topological polar surface area (TPSA) is 93.5 Å². The van der Waals surface area contributed by atoms with Crippen molar-refractivity contribution < 1.29 is 19.4 Å². The van der Waals surface area contributed by atoms with Crippen molar-refractivity contribution in [2.24, 2.45) is 0 Å². The van der Waals surface area contributed by atoms with Gasteiger partial charge in [0.05, 0.1) is 22.5 Å². The van der Waals surface area contributed by atoms with Crippen molar-refractivity contribution >= 4 is 17.6 Å². The van der Waals surface area contributed by atoms with Crippen molar-refractivity contribution in [3.05, 3.63) is 132 Å². The molecule has 5 rings (SSSR count).